The molecule has 0 aromatic heterocycles. The Bertz CT molecular complexity index is 1290. The van der Waals surface area contributed by atoms with Crippen LogP contribution in [0.5, 0.6) is 0 Å². The van der Waals surface area contributed by atoms with E-state index in [1.54, 1.807) is 54.6 Å². The number of anilines is 1. The van der Waals surface area contributed by atoms with Crippen LogP contribution in [-0.4, -0.2) is 39.9 Å². The lowest BCUT2D eigenvalue weighted by Crippen LogP contribution is -2.43. The molecule has 10 heteroatoms. The second-order valence-corrected chi connectivity index (χ2v) is 9.25. The third-order valence-corrected chi connectivity index (χ3v) is 6.59. The Labute approximate surface area is 197 Å². The molecule has 2 N–H and O–H groups in total. The minimum absolute atomic E-state index is 0.0421. The van der Waals surface area contributed by atoms with Crippen molar-refractivity contribution in [2.45, 2.75) is 11.8 Å². The number of amides is 2. The number of hydrogen-bond acceptors (Lipinski definition) is 6. The summed E-state index contributed by atoms with van der Waals surface area (Å²) in [6, 6.07) is 20.5. The van der Waals surface area contributed by atoms with Gasteiger partial charge in [-0.15, -0.1) is 0 Å². The molecule has 0 saturated carbocycles. The van der Waals surface area contributed by atoms with Gasteiger partial charge in [0.1, 0.15) is 0 Å². The van der Waals surface area contributed by atoms with E-state index in [1.165, 1.54) is 31.3 Å². The highest BCUT2D eigenvalue weighted by molar-refractivity contribution is 7.92. The Morgan fingerprint density at radius 1 is 0.853 bits per heavy atom. The number of carbonyl (C=O) groups excluding carboxylic acids is 3. The van der Waals surface area contributed by atoms with Crippen molar-refractivity contribution in [3.63, 3.8) is 0 Å². The summed E-state index contributed by atoms with van der Waals surface area (Å²) in [5, 5.41) is 0. The number of esters is 1. The standard InChI is InChI=1S/C24H23N3O6S/c1-17-11-13-20(14-12-17)27(2)34(31,32)21-10-6-9-19(15-21)24(30)33-16-22(28)25-26-23(29)18-7-4-3-5-8-18/h3-15H,16H2,1-2H3,(H,25,28)(H,26,29). The number of nitrogens with zero attached hydrogens (tertiary/aromatic N) is 1. The summed E-state index contributed by atoms with van der Waals surface area (Å²) in [7, 11) is -2.52. The van der Waals surface area contributed by atoms with Crippen LogP contribution in [0.3, 0.4) is 0 Å². The SMILES string of the molecule is Cc1ccc(N(C)S(=O)(=O)c2cccc(C(=O)OCC(=O)NNC(=O)c3ccccc3)c2)cc1. The lowest BCUT2D eigenvalue weighted by molar-refractivity contribution is -0.125. The molecule has 3 aromatic rings. The minimum Gasteiger partial charge on any atom is -0.452 e. The van der Waals surface area contributed by atoms with Crippen molar-refractivity contribution in [1.29, 1.82) is 0 Å². The molecule has 0 bridgehead atoms. The van der Waals surface area contributed by atoms with E-state index in [0.717, 1.165) is 9.87 Å². The number of benzene rings is 3. The zero-order chi connectivity index (χ0) is 24.7. The van der Waals surface area contributed by atoms with E-state index in [1.807, 2.05) is 6.92 Å². The maximum atomic E-state index is 13.0. The van der Waals surface area contributed by atoms with E-state index in [4.69, 9.17) is 4.74 Å². The summed E-state index contributed by atoms with van der Waals surface area (Å²) in [4.78, 5) is 36.1. The summed E-state index contributed by atoms with van der Waals surface area (Å²) < 4.78 is 32.0. The number of sulfonamides is 1. The lowest BCUT2D eigenvalue weighted by Gasteiger charge is -2.20. The first-order valence-electron chi connectivity index (χ1n) is 10.2. The summed E-state index contributed by atoms with van der Waals surface area (Å²) in [5.74, 6) is -2.18. The first kappa shape index (κ1) is 24.5. The number of hydrogen-bond donors (Lipinski definition) is 2. The Morgan fingerprint density at radius 2 is 1.50 bits per heavy atom. The van der Waals surface area contributed by atoms with E-state index in [2.05, 4.69) is 10.9 Å². The topological polar surface area (TPSA) is 122 Å². The van der Waals surface area contributed by atoms with Gasteiger partial charge in [-0.3, -0.25) is 24.7 Å². The number of aryl methyl sites for hydroxylation is 1. The predicted octanol–water partition coefficient (Wildman–Crippen LogP) is 2.44. The van der Waals surface area contributed by atoms with Crippen molar-refractivity contribution in [1.82, 2.24) is 10.9 Å². The molecule has 0 atom stereocenters. The number of nitrogens with one attached hydrogen (secondary N) is 2. The summed E-state index contributed by atoms with van der Waals surface area (Å²) >= 11 is 0. The average molecular weight is 482 g/mol. The maximum Gasteiger partial charge on any atom is 0.338 e. The molecule has 3 aromatic carbocycles. The first-order chi connectivity index (χ1) is 16.2. The van der Waals surface area contributed by atoms with E-state index < -0.39 is 34.4 Å². The van der Waals surface area contributed by atoms with E-state index in [0.29, 0.717) is 11.3 Å². The predicted molar refractivity (Wildman–Crippen MR) is 126 cm³/mol. The van der Waals surface area contributed by atoms with Crippen LogP contribution in [0.2, 0.25) is 0 Å². The molecule has 0 radical (unpaired) electrons. The molecule has 0 fully saturated rings. The molecule has 0 unspecified atom stereocenters. The smallest absolute Gasteiger partial charge is 0.338 e. The molecule has 0 saturated heterocycles. The van der Waals surface area contributed by atoms with Gasteiger partial charge in [-0.1, -0.05) is 42.0 Å². The van der Waals surface area contributed by atoms with Crippen LogP contribution in [0.25, 0.3) is 0 Å². The maximum absolute atomic E-state index is 13.0. The molecule has 0 spiro atoms. The third kappa shape index (κ3) is 5.99. The van der Waals surface area contributed by atoms with Crippen molar-refractivity contribution < 1.29 is 27.5 Å². The zero-order valence-corrected chi connectivity index (χ0v) is 19.3. The Kier molecular flexibility index (Phi) is 7.64. The fourth-order valence-electron chi connectivity index (χ4n) is 2.87. The first-order valence-corrected chi connectivity index (χ1v) is 11.6. The van der Waals surface area contributed by atoms with Gasteiger partial charge >= 0.3 is 5.97 Å². The van der Waals surface area contributed by atoms with Gasteiger partial charge in [-0.05, 0) is 49.4 Å². The van der Waals surface area contributed by atoms with Gasteiger partial charge in [-0.25, -0.2) is 13.2 Å². The van der Waals surface area contributed by atoms with Crippen molar-refractivity contribution in [3.8, 4) is 0 Å². The minimum atomic E-state index is -3.94. The molecular formula is C24H23N3O6S. The summed E-state index contributed by atoms with van der Waals surface area (Å²) in [5.41, 5.74) is 6.10. The highest BCUT2D eigenvalue weighted by Gasteiger charge is 2.23. The average Bonchev–Trinajstić information content (AvgIpc) is 2.86. The number of hydrazine groups is 1. The molecule has 0 aliphatic rings. The van der Waals surface area contributed by atoms with E-state index >= 15 is 0 Å². The van der Waals surface area contributed by atoms with E-state index in [9.17, 15) is 22.8 Å². The zero-order valence-electron chi connectivity index (χ0n) is 18.5. The highest BCUT2D eigenvalue weighted by atomic mass is 32.2. The van der Waals surface area contributed by atoms with Gasteiger partial charge in [0, 0.05) is 12.6 Å². The van der Waals surface area contributed by atoms with Gasteiger partial charge in [0.05, 0.1) is 16.1 Å². The van der Waals surface area contributed by atoms with Crippen LogP contribution < -0.4 is 15.2 Å². The fourth-order valence-corrected chi connectivity index (χ4v) is 4.12. The molecule has 0 aliphatic carbocycles. The molecule has 9 nitrogen and oxygen atoms in total. The van der Waals surface area contributed by atoms with Crippen molar-refractivity contribution in [3.05, 3.63) is 95.6 Å². The van der Waals surface area contributed by atoms with Crippen LogP contribution in [-0.2, 0) is 19.6 Å². The fraction of sp³-hybridized carbons (Fsp3) is 0.125. The Morgan fingerprint density at radius 3 is 2.18 bits per heavy atom. The van der Waals surface area contributed by atoms with Crippen LogP contribution >= 0.6 is 0 Å². The van der Waals surface area contributed by atoms with Crippen molar-refractivity contribution in [2.24, 2.45) is 0 Å². The molecule has 2 amide bonds. The second-order valence-electron chi connectivity index (χ2n) is 7.28. The monoisotopic (exact) mass is 481 g/mol. The largest absolute Gasteiger partial charge is 0.452 e. The molecule has 3 rings (SSSR count). The van der Waals surface area contributed by atoms with Crippen LogP contribution in [0.1, 0.15) is 26.3 Å². The quantitative estimate of drug-likeness (QED) is 0.395. The van der Waals surface area contributed by atoms with Crippen LogP contribution in [0, 0.1) is 6.92 Å². The van der Waals surface area contributed by atoms with Crippen LogP contribution in [0.4, 0.5) is 5.69 Å². The molecule has 176 valence electrons. The van der Waals surface area contributed by atoms with Gasteiger partial charge in [0.25, 0.3) is 21.8 Å². The van der Waals surface area contributed by atoms with Crippen LogP contribution in [0.15, 0.2) is 83.8 Å². The van der Waals surface area contributed by atoms with Crippen molar-refractivity contribution >= 4 is 33.5 Å². The van der Waals surface area contributed by atoms with Gasteiger partial charge in [0.15, 0.2) is 6.61 Å². The van der Waals surface area contributed by atoms with Gasteiger partial charge in [0.2, 0.25) is 0 Å². The second kappa shape index (κ2) is 10.6. The number of rotatable bonds is 7. The summed E-state index contributed by atoms with van der Waals surface area (Å²) in [6.07, 6.45) is 0. The normalized spacial score (nSPS) is 10.8. The molecule has 0 aliphatic heterocycles. The number of carbonyl (C=O) groups is 3. The third-order valence-electron chi connectivity index (χ3n) is 4.81. The molecule has 34 heavy (non-hydrogen) atoms. The lowest BCUT2D eigenvalue weighted by atomic mass is 10.2. The highest BCUT2D eigenvalue weighted by Crippen LogP contribution is 2.23. The van der Waals surface area contributed by atoms with Gasteiger partial charge < -0.3 is 4.74 Å². The summed E-state index contributed by atoms with van der Waals surface area (Å²) in [6.45, 7) is 1.22. The molecular weight excluding hydrogens is 458 g/mol. The Balaban J connectivity index is 1.60. The number of ether oxygens (including phenoxy) is 1. The van der Waals surface area contributed by atoms with Gasteiger partial charge in [-0.2, -0.15) is 0 Å². The van der Waals surface area contributed by atoms with Crippen molar-refractivity contribution in [2.75, 3.05) is 18.0 Å². The Hall–Kier alpha value is -4.18. The molecule has 0 heterocycles. The van der Waals surface area contributed by atoms with E-state index in [-0.39, 0.29) is 10.5 Å².